The second-order valence-electron chi connectivity index (χ2n) is 9.13. The van der Waals surface area contributed by atoms with Crippen LogP contribution in [0, 0.1) is 24.4 Å². The normalized spacial score (nSPS) is 19.5. The molecule has 1 fully saturated rings. The number of fused-ring (bicyclic) bond motifs is 5. The number of carbonyl (C=O) groups excluding carboxylic acids is 1. The number of piperidine rings is 1. The highest BCUT2D eigenvalue weighted by Gasteiger charge is 2.44. The van der Waals surface area contributed by atoms with Crippen molar-refractivity contribution < 1.29 is 18.0 Å². The Labute approximate surface area is 193 Å². The number of hydrogen-bond acceptors (Lipinski definition) is 3. The van der Waals surface area contributed by atoms with Crippen LogP contribution >= 0.6 is 0 Å². The number of pyridine rings is 1. The van der Waals surface area contributed by atoms with E-state index >= 15 is 0 Å². The van der Waals surface area contributed by atoms with Crippen molar-refractivity contribution in [2.45, 2.75) is 44.7 Å². The number of aromatic nitrogens is 4. The van der Waals surface area contributed by atoms with Crippen LogP contribution < -0.4 is 0 Å². The summed E-state index contributed by atoms with van der Waals surface area (Å²) >= 11 is 0. The minimum atomic E-state index is -1.49. The van der Waals surface area contributed by atoms with Crippen LogP contribution in [0.5, 0.6) is 0 Å². The molecule has 1 saturated heterocycles. The molecule has 6 rings (SSSR count). The maximum atomic E-state index is 14.0. The molecule has 1 aromatic carbocycles. The van der Waals surface area contributed by atoms with E-state index in [9.17, 15) is 18.0 Å². The number of halogens is 3. The molecule has 0 N–H and O–H groups in total. The van der Waals surface area contributed by atoms with E-state index in [0.29, 0.717) is 17.7 Å². The first kappa shape index (κ1) is 20.9. The molecule has 1 amide bonds. The second kappa shape index (κ2) is 7.44. The van der Waals surface area contributed by atoms with Crippen LogP contribution in [0.3, 0.4) is 0 Å². The lowest BCUT2D eigenvalue weighted by Gasteiger charge is -2.45. The van der Waals surface area contributed by atoms with Gasteiger partial charge in [-0.2, -0.15) is 10.2 Å². The molecular formula is C25H22F3N5O. The quantitative estimate of drug-likeness (QED) is 0.402. The molecule has 0 radical (unpaired) electrons. The van der Waals surface area contributed by atoms with Gasteiger partial charge in [0.2, 0.25) is 0 Å². The topological polar surface area (TPSA) is 55.4 Å². The zero-order chi connectivity index (χ0) is 23.7. The first-order chi connectivity index (χ1) is 16.3. The summed E-state index contributed by atoms with van der Waals surface area (Å²) in [5, 5.41) is 9.09. The van der Waals surface area contributed by atoms with Crippen LogP contribution in [-0.4, -0.2) is 36.2 Å². The van der Waals surface area contributed by atoms with E-state index in [2.05, 4.69) is 10.2 Å². The Balaban J connectivity index is 1.45. The van der Waals surface area contributed by atoms with Crippen LogP contribution in [0.15, 0.2) is 36.5 Å². The van der Waals surface area contributed by atoms with Gasteiger partial charge in [0.1, 0.15) is 0 Å². The number of benzene rings is 1. The van der Waals surface area contributed by atoms with Gasteiger partial charge in [-0.05, 0) is 56.9 Å². The lowest BCUT2D eigenvalue weighted by atomic mass is 9.81. The molecule has 34 heavy (non-hydrogen) atoms. The third-order valence-corrected chi connectivity index (χ3v) is 7.13. The fourth-order valence-electron chi connectivity index (χ4n) is 5.65. The average molecular weight is 465 g/mol. The summed E-state index contributed by atoms with van der Waals surface area (Å²) in [6.45, 7) is 1.94. The van der Waals surface area contributed by atoms with E-state index in [4.69, 9.17) is 0 Å². The molecule has 6 nitrogen and oxygen atoms in total. The van der Waals surface area contributed by atoms with Crippen LogP contribution in [0.4, 0.5) is 13.2 Å². The van der Waals surface area contributed by atoms with E-state index in [0.717, 1.165) is 53.9 Å². The highest BCUT2D eigenvalue weighted by atomic mass is 19.2. The van der Waals surface area contributed by atoms with Gasteiger partial charge in [-0.1, -0.05) is 6.07 Å². The predicted molar refractivity (Wildman–Crippen MR) is 119 cm³/mol. The molecule has 2 bridgehead atoms. The van der Waals surface area contributed by atoms with Gasteiger partial charge in [-0.25, -0.2) is 17.7 Å². The van der Waals surface area contributed by atoms with E-state index in [1.807, 2.05) is 30.0 Å². The van der Waals surface area contributed by atoms with Crippen molar-refractivity contribution in [3.05, 3.63) is 76.5 Å². The van der Waals surface area contributed by atoms with Crippen molar-refractivity contribution in [3.63, 3.8) is 0 Å². The highest BCUT2D eigenvalue weighted by molar-refractivity contribution is 6.01. The largest absolute Gasteiger partial charge is 0.327 e. The van der Waals surface area contributed by atoms with Gasteiger partial charge in [0.15, 0.2) is 17.5 Å². The van der Waals surface area contributed by atoms with Gasteiger partial charge in [0, 0.05) is 29.9 Å². The summed E-state index contributed by atoms with van der Waals surface area (Å²) in [7, 11) is 1.71. The Bertz CT molecular complexity index is 1450. The number of hydrogen-bond donors (Lipinski definition) is 0. The SMILES string of the molecule is Cc1cccc2c(C(=O)N3[C@H]4CCC[C@@H]3c3nn(C)c(-c5cc(F)c(F)c(F)c5)c3C4)cnn12. The molecule has 9 heteroatoms. The zero-order valence-electron chi connectivity index (χ0n) is 18.7. The molecule has 2 aliphatic heterocycles. The molecule has 0 saturated carbocycles. The molecule has 3 aromatic heterocycles. The maximum Gasteiger partial charge on any atom is 0.258 e. The molecule has 2 aliphatic rings. The third kappa shape index (κ3) is 2.92. The van der Waals surface area contributed by atoms with Crippen molar-refractivity contribution in [3.8, 4) is 11.3 Å². The van der Waals surface area contributed by atoms with Crippen molar-refractivity contribution in [2.24, 2.45) is 7.05 Å². The number of aryl methyl sites for hydroxylation is 2. The Morgan fingerprint density at radius 3 is 2.65 bits per heavy atom. The van der Waals surface area contributed by atoms with Gasteiger partial charge in [0.25, 0.3) is 5.91 Å². The first-order valence-electron chi connectivity index (χ1n) is 11.3. The summed E-state index contributed by atoms with van der Waals surface area (Å²) in [5.74, 6) is -4.05. The van der Waals surface area contributed by atoms with E-state index < -0.39 is 17.5 Å². The summed E-state index contributed by atoms with van der Waals surface area (Å²) in [4.78, 5) is 15.7. The van der Waals surface area contributed by atoms with E-state index in [-0.39, 0.29) is 23.6 Å². The monoisotopic (exact) mass is 465 g/mol. The highest BCUT2D eigenvalue weighted by Crippen LogP contribution is 2.45. The number of amides is 1. The van der Waals surface area contributed by atoms with Crippen molar-refractivity contribution in [2.75, 3.05) is 0 Å². The third-order valence-electron chi connectivity index (χ3n) is 7.13. The Morgan fingerprint density at radius 2 is 1.88 bits per heavy atom. The summed E-state index contributed by atoms with van der Waals surface area (Å²) in [5.41, 5.74) is 4.63. The smallest absolute Gasteiger partial charge is 0.258 e. The van der Waals surface area contributed by atoms with E-state index in [1.54, 1.807) is 22.4 Å². The molecule has 0 unspecified atom stereocenters. The Hall–Kier alpha value is -3.62. The van der Waals surface area contributed by atoms with Crippen molar-refractivity contribution in [1.82, 2.24) is 24.3 Å². The molecule has 0 aliphatic carbocycles. The van der Waals surface area contributed by atoms with Crippen molar-refractivity contribution in [1.29, 1.82) is 0 Å². The number of rotatable bonds is 2. The zero-order valence-corrected chi connectivity index (χ0v) is 18.7. The predicted octanol–water partition coefficient (Wildman–Crippen LogP) is 4.75. The van der Waals surface area contributed by atoms with Gasteiger partial charge in [-0.3, -0.25) is 9.48 Å². The Morgan fingerprint density at radius 1 is 1.12 bits per heavy atom. The van der Waals surface area contributed by atoms with Crippen LogP contribution in [0.2, 0.25) is 0 Å². The molecule has 174 valence electrons. The number of nitrogens with zero attached hydrogens (tertiary/aromatic N) is 5. The van der Waals surface area contributed by atoms with Gasteiger partial charge >= 0.3 is 0 Å². The van der Waals surface area contributed by atoms with Crippen molar-refractivity contribution >= 4 is 11.4 Å². The minimum absolute atomic E-state index is 0.0726. The minimum Gasteiger partial charge on any atom is -0.327 e. The van der Waals surface area contributed by atoms with Crippen LogP contribution in [0.25, 0.3) is 16.8 Å². The lowest BCUT2D eigenvalue weighted by molar-refractivity contribution is 0.0394. The summed E-state index contributed by atoms with van der Waals surface area (Å²) < 4.78 is 44.9. The van der Waals surface area contributed by atoms with Gasteiger partial charge < -0.3 is 4.90 Å². The van der Waals surface area contributed by atoms with Crippen LogP contribution in [-0.2, 0) is 13.5 Å². The number of carbonyl (C=O) groups is 1. The average Bonchev–Trinajstić information content (AvgIpc) is 3.38. The molecule has 5 heterocycles. The molecular weight excluding hydrogens is 443 g/mol. The standard InChI is InChI=1S/C25H22F3N5O/c1-13-5-3-7-20-17(12-29-33(13)20)25(34)32-15-6-4-8-21(32)23-16(11-15)24(31(2)30-23)14-9-18(26)22(28)19(27)10-14/h3,5,7,9-10,12,15,21H,4,6,8,11H2,1-2H3/t15-,21+/m0/s1. The fourth-order valence-corrected chi connectivity index (χ4v) is 5.65. The molecule has 4 aromatic rings. The summed E-state index contributed by atoms with van der Waals surface area (Å²) in [6.07, 6.45) is 4.65. The van der Waals surface area contributed by atoms with E-state index in [1.165, 1.54) is 0 Å². The Kier molecular flexibility index (Phi) is 4.59. The summed E-state index contributed by atoms with van der Waals surface area (Å²) in [6, 6.07) is 7.42. The molecule has 0 spiro atoms. The van der Waals surface area contributed by atoms with Gasteiger partial charge in [0.05, 0.1) is 34.7 Å². The molecule has 2 atom stereocenters. The lowest BCUT2D eigenvalue weighted by Crippen LogP contribution is -2.49. The fraction of sp³-hybridized carbons (Fsp3) is 0.320. The second-order valence-corrected chi connectivity index (χ2v) is 9.13. The first-order valence-corrected chi connectivity index (χ1v) is 11.3. The van der Waals surface area contributed by atoms with Gasteiger partial charge in [-0.15, -0.1) is 0 Å². The van der Waals surface area contributed by atoms with Crippen LogP contribution in [0.1, 0.15) is 52.6 Å². The maximum absolute atomic E-state index is 14.0.